The largest absolute Gasteiger partial charge is 0.444 e. The first-order valence-corrected chi connectivity index (χ1v) is 6.77. The highest BCUT2D eigenvalue weighted by molar-refractivity contribution is 5.69. The van der Waals surface area contributed by atoms with Gasteiger partial charge in [0.05, 0.1) is 23.8 Å². The van der Waals surface area contributed by atoms with Crippen LogP contribution in [0.2, 0.25) is 0 Å². The summed E-state index contributed by atoms with van der Waals surface area (Å²) < 4.78 is 7.38. The second kappa shape index (κ2) is 5.83. The Labute approximate surface area is 120 Å². The van der Waals surface area contributed by atoms with Crippen molar-refractivity contribution >= 4 is 6.09 Å². The lowest BCUT2D eigenvalue weighted by Gasteiger charge is -2.37. The van der Waals surface area contributed by atoms with Crippen molar-refractivity contribution in [1.29, 1.82) is 0 Å². The summed E-state index contributed by atoms with van der Waals surface area (Å²) in [6, 6.07) is 0. The summed E-state index contributed by atoms with van der Waals surface area (Å²) in [4.78, 5) is 18.0. The van der Waals surface area contributed by atoms with E-state index in [0.717, 1.165) is 5.69 Å². The van der Waals surface area contributed by atoms with Crippen LogP contribution in [-0.4, -0.2) is 39.7 Å². The highest BCUT2D eigenvalue weighted by atomic mass is 16.6. The van der Waals surface area contributed by atoms with E-state index in [1.165, 1.54) is 0 Å². The van der Waals surface area contributed by atoms with Gasteiger partial charge in [0.15, 0.2) is 0 Å². The first-order valence-electron chi connectivity index (χ1n) is 6.77. The molecule has 1 aromatic rings. The normalized spacial score (nSPS) is 12.3. The molecule has 0 aliphatic rings. The average Bonchev–Trinajstić information content (AvgIpc) is 2.75. The van der Waals surface area contributed by atoms with Gasteiger partial charge in [0, 0.05) is 20.1 Å². The van der Waals surface area contributed by atoms with Crippen molar-refractivity contribution in [3.05, 3.63) is 18.2 Å². The van der Waals surface area contributed by atoms with Crippen LogP contribution in [0, 0.1) is 0 Å². The molecule has 0 fully saturated rings. The topological polar surface area (TPSA) is 73.4 Å². The van der Waals surface area contributed by atoms with Gasteiger partial charge in [-0.1, -0.05) is 0 Å². The standard InChI is InChI=1S/C14H26N4O2/c1-13(2,3)20-12(19)17(6)14(4,5)11-9-16-10-18(11)8-7-15/h9-10H,7-8,15H2,1-6H3. The molecule has 114 valence electrons. The van der Waals surface area contributed by atoms with Crippen LogP contribution in [0.15, 0.2) is 12.5 Å². The zero-order chi connectivity index (χ0) is 15.6. The van der Waals surface area contributed by atoms with Gasteiger partial charge >= 0.3 is 6.09 Å². The summed E-state index contributed by atoms with van der Waals surface area (Å²) in [6.07, 6.45) is 3.13. The average molecular weight is 282 g/mol. The Morgan fingerprint density at radius 1 is 1.40 bits per heavy atom. The predicted molar refractivity (Wildman–Crippen MR) is 78.3 cm³/mol. The Bertz CT molecular complexity index is 460. The summed E-state index contributed by atoms with van der Waals surface area (Å²) in [7, 11) is 1.73. The molecule has 0 unspecified atom stereocenters. The van der Waals surface area contributed by atoms with Gasteiger partial charge in [-0.2, -0.15) is 0 Å². The third-order valence-corrected chi connectivity index (χ3v) is 3.22. The van der Waals surface area contributed by atoms with E-state index in [2.05, 4.69) is 4.98 Å². The van der Waals surface area contributed by atoms with Crippen LogP contribution in [0.4, 0.5) is 4.79 Å². The molecule has 1 rings (SSSR count). The van der Waals surface area contributed by atoms with E-state index in [9.17, 15) is 4.79 Å². The number of carbonyl (C=O) groups is 1. The lowest BCUT2D eigenvalue weighted by atomic mass is 9.99. The SMILES string of the molecule is CN(C(=O)OC(C)(C)C)C(C)(C)c1cncn1CCN. The number of rotatable bonds is 4. The molecule has 0 saturated carbocycles. The highest BCUT2D eigenvalue weighted by Gasteiger charge is 2.34. The second-order valence-electron chi connectivity index (χ2n) is 6.36. The number of hydrogen-bond acceptors (Lipinski definition) is 4. The maximum atomic E-state index is 12.2. The van der Waals surface area contributed by atoms with Crippen LogP contribution < -0.4 is 5.73 Å². The van der Waals surface area contributed by atoms with Crippen LogP contribution in [-0.2, 0) is 16.8 Å². The fourth-order valence-corrected chi connectivity index (χ4v) is 1.88. The van der Waals surface area contributed by atoms with E-state index in [1.807, 2.05) is 39.2 Å². The molecule has 0 saturated heterocycles. The molecule has 1 aromatic heterocycles. The number of nitrogens with zero attached hydrogens (tertiary/aromatic N) is 3. The van der Waals surface area contributed by atoms with E-state index in [-0.39, 0.29) is 6.09 Å². The Kier molecular flexibility index (Phi) is 4.81. The second-order valence-corrected chi connectivity index (χ2v) is 6.36. The minimum atomic E-state index is -0.534. The van der Waals surface area contributed by atoms with Crippen LogP contribution in [0.3, 0.4) is 0 Å². The summed E-state index contributed by atoms with van der Waals surface area (Å²) in [6.45, 7) is 10.7. The maximum Gasteiger partial charge on any atom is 0.410 e. The van der Waals surface area contributed by atoms with Crippen molar-refractivity contribution < 1.29 is 9.53 Å². The minimum absolute atomic E-state index is 0.358. The lowest BCUT2D eigenvalue weighted by Crippen LogP contribution is -2.46. The molecule has 0 spiro atoms. The summed E-state index contributed by atoms with van der Waals surface area (Å²) in [5.41, 5.74) is 5.48. The molecule has 20 heavy (non-hydrogen) atoms. The zero-order valence-corrected chi connectivity index (χ0v) is 13.3. The third kappa shape index (κ3) is 3.72. The Hall–Kier alpha value is -1.56. The molecule has 1 amide bonds. The van der Waals surface area contributed by atoms with Crippen molar-refractivity contribution in [3.8, 4) is 0 Å². The molecule has 0 aromatic carbocycles. The number of carbonyl (C=O) groups excluding carboxylic acids is 1. The zero-order valence-electron chi connectivity index (χ0n) is 13.3. The van der Waals surface area contributed by atoms with E-state index in [0.29, 0.717) is 13.1 Å². The van der Waals surface area contributed by atoms with Crippen LogP contribution >= 0.6 is 0 Å². The van der Waals surface area contributed by atoms with Gasteiger partial charge in [-0.25, -0.2) is 9.78 Å². The minimum Gasteiger partial charge on any atom is -0.444 e. The van der Waals surface area contributed by atoms with Gasteiger partial charge < -0.3 is 19.9 Å². The molecular weight excluding hydrogens is 256 g/mol. The van der Waals surface area contributed by atoms with Crippen LogP contribution in [0.25, 0.3) is 0 Å². The summed E-state index contributed by atoms with van der Waals surface area (Å²) in [5.74, 6) is 0. The number of aromatic nitrogens is 2. The van der Waals surface area contributed by atoms with Gasteiger partial charge in [-0.05, 0) is 34.6 Å². The van der Waals surface area contributed by atoms with Crippen molar-refractivity contribution in [2.24, 2.45) is 5.73 Å². The molecule has 6 heteroatoms. The van der Waals surface area contributed by atoms with Crippen LogP contribution in [0.1, 0.15) is 40.3 Å². The Morgan fingerprint density at radius 3 is 2.50 bits per heavy atom. The Morgan fingerprint density at radius 2 is 2.00 bits per heavy atom. The number of nitrogens with two attached hydrogens (primary N) is 1. The van der Waals surface area contributed by atoms with E-state index < -0.39 is 11.1 Å². The predicted octanol–water partition coefficient (Wildman–Crippen LogP) is 1.94. The summed E-state index contributed by atoms with van der Waals surface area (Å²) >= 11 is 0. The van der Waals surface area contributed by atoms with Crippen LogP contribution in [0.5, 0.6) is 0 Å². The van der Waals surface area contributed by atoms with Crippen molar-refractivity contribution in [3.63, 3.8) is 0 Å². The molecule has 1 heterocycles. The van der Waals surface area contributed by atoms with Crippen molar-refractivity contribution in [1.82, 2.24) is 14.5 Å². The molecule has 0 bridgehead atoms. The van der Waals surface area contributed by atoms with Gasteiger partial charge in [-0.15, -0.1) is 0 Å². The van der Waals surface area contributed by atoms with E-state index in [4.69, 9.17) is 10.5 Å². The van der Waals surface area contributed by atoms with Gasteiger partial charge in [0.2, 0.25) is 0 Å². The quantitative estimate of drug-likeness (QED) is 0.916. The molecule has 2 N–H and O–H groups in total. The van der Waals surface area contributed by atoms with E-state index >= 15 is 0 Å². The van der Waals surface area contributed by atoms with E-state index in [1.54, 1.807) is 24.5 Å². The smallest absolute Gasteiger partial charge is 0.410 e. The monoisotopic (exact) mass is 282 g/mol. The number of ether oxygens (including phenoxy) is 1. The molecule has 0 aliphatic carbocycles. The van der Waals surface area contributed by atoms with Gasteiger partial charge in [0.25, 0.3) is 0 Å². The molecule has 6 nitrogen and oxygen atoms in total. The molecular formula is C14H26N4O2. The first-order chi connectivity index (χ1) is 9.09. The fourth-order valence-electron chi connectivity index (χ4n) is 1.88. The maximum absolute atomic E-state index is 12.2. The van der Waals surface area contributed by atoms with Gasteiger partial charge in [-0.3, -0.25) is 0 Å². The highest BCUT2D eigenvalue weighted by Crippen LogP contribution is 2.27. The molecule has 0 radical (unpaired) electrons. The molecule has 0 aliphatic heterocycles. The summed E-state index contributed by atoms with van der Waals surface area (Å²) in [5, 5.41) is 0. The number of imidazole rings is 1. The first kappa shape index (κ1) is 16.5. The third-order valence-electron chi connectivity index (χ3n) is 3.22. The molecule has 0 atom stereocenters. The lowest BCUT2D eigenvalue weighted by molar-refractivity contribution is 0.00916. The van der Waals surface area contributed by atoms with Crippen molar-refractivity contribution in [2.45, 2.75) is 52.3 Å². The number of amides is 1. The number of hydrogen-bond donors (Lipinski definition) is 1. The fraction of sp³-hybridized carbons (Fsp3) is 0.714. The van der Waals surface area contributed by atoms with Gasteiger partial charge in [0.1, 0.15) is 5.60 Å². The van der Waals surface area contributed by atoms with Crippen molar-refractivity contribution in [2.75, 3.05) is 13.6 Å². The Balaban J connectivity index is 2.97.